The van der Waals surface area contributed by atoms with Crippen LogP contribution in [0.2, 0.25) is 5.02 Å². The summed E-state index contributed by atoms with van der Waals surface area (Å²) >= 11 is 5.90. The number of fused-ring (bicyclic) bond motifs is 1. The number of benzene rings is 1. The highest BCUT2D eigenvalue weighted by atomic mass is 35.5. The molecule has 0 radical (unpaired) electrons. The average Bonchev–Trinajstić information content (AvgIpc) is 2.27. The normalized spacial score (nSPS) is 23.7. The fraction of sp³-hybridized carbons (Fsp3) is 0.538. The predicted octanol–water partition coefficient (Wildman–Crippen LogP) is 3.71. The number of aliphatic hydroxyl groups is 1. The van der Waals surface area contributed by atoms with Gasteiger partial charge in [0.1, 0.15) is 11.9 Å². The van der Waals surface area contributed by atoms with Gasteiger partial charge in [-0.3, -0.25) is 0 Å². The van der Waals surface area contributed by atoms with Crippen LogP contribution < -0.4 is 4.74 Å². The topological polar surface area (TPSA) is 29.5 Å². The molecule has 0 aliphatic carbocycles. The zero-order valence-electron chi connectivity index (χ0n) is 9.45. The van der Waals surface area contributed by atoms with Gasteiger partial charge in [0.25, 0.3) is 0 Å². The third kappa shape index (κ3) is 2.50. The van der Waals surface area contributed by atoms with E-state index in [2.05, 4.69) is 6.92 Å². The number of aliphatic hydroxyl groups excluding tert-OH is 1. The van der Waals surface area contributed by atoms with E-state index in [1.54, 1.807) is 12.1 Å². The number of unbranched alkanes of at least 4 members (excludes halogenated alkanes) is 1. The molecule has 1 aromatic carbocycles. The molecular formula is C13H17ClO2. The van der Waals surface area contributed by atoms with Gasteiger partial charge in [-0.15, -0.1) is 0 Å². The third-order valence-corrected chi connectivity index (χ3v) is 3.23. The molecule has 0 fully saturated rings. The molecule has 0 amide bonds. The summed E-state index contributed by atoms with van der Waals surface area (Å²) in [7, 11) is 0. The fourth-order valence-electron chi connectivity index (χ4n) is 2.10. The second kappa shape index (κ2) is 5.07. The second-order valence-corrected chi connectivity index (χ2v) is 4.75. The summed E-state index contributed by atoms with van der Waals surface area (Å²) in [6, 6.07) is 5.44. The Morgan fingerprint density at radius 3 is 3.06 bits per heavy atom. The second-order valence-electron chi connectivity index (χ2n) is 4.32. The van der Waals surface area contributed by atoms with Gasteiger partial charge in [-0.25, -0.2) is 0 Å². The molecule has 0 saturated heterocycles. The van der Waals surface area contributed by atoms with Gasteiger partial charge in [0.05, 0.1) is 6.10 Å². The lowest BCUT2D eigenvalue weighted by molar-refractivity contribution is 0.0607. The molecule has 0 bridgehead atoms. The Balaban J connectivity index is 2.13. The molecule has 2 rings (SSSR count). The first-order valence-corrected chi connectivity index (χ1v) is 6.22. The van der Waals surface area contributed by atoms with E-state index in [1.807, 2.05) is 6.07 Å². The van der Waals surface area contributed by atoms with Crippen molar-refractivity contribution in [2.45, 2.75) is 44.8 Å². The van der Waals surface area contributed by atoms with Crippen LogP contribution >= 0.6 is 11.6 Å². The largest absolute Gasteiger partial charge is 0.490 e. The van der Waals surface area contributed by atoms with Crippen LogP contribution in [0.4, 0.5) is 0 Å². The van der Waals surface area contributed by atoms with Gasteiger partial charge in [-0.2, -0.15) is 0 Å². The van der Waals surface area contributed by atoms with Gasteiger partial charge in [0.15, 0.2) is 0 Å². The average molecular weight is 241 g/mol. The van der Waals surface area contributed by atoms with Crippen LogP contribution in [0.5, 0.6) is 5.75 Å². The molecule has 0 spiro atoms. The van der Waals surface area contributed by atoms with Gasteiger partial charge < -0.3 is 9.84 Å². The predicted molar refractivity (Wildman–Crippen MR) is 65.0 cm³/mol. The van der Waals surface area contributed by atoms with E-state index in [1.165, 1.54) is 0 Å². The van der Waals surface area contributed by atoms with E-state index in [4.69, 9.17) is 16.3 Å². The summed E-state index contributed by atoms with van der Waals surface area (Å²) in [6.45, 7) is 2.16. The lowest BCUT2D eigenvalue weighted by atomic mass is 9.96. The van der Waals surface area contributed by atoms with E-state index in [0.717, 1.165) is 30.6 Å². The highest BCUT2D eigenvalue weighted by Crippen LogP contribution is 2.37. The molecule has 2 atom stereocenters. The lowest BCUT2D eigenvalue weighted by Gasteiger charge is -2.29. The van der Waals surface area contributed by atoms with Crippen LogP contribution in [0.1, 0.15) is 44.3 Å². The van der Waals surface area contributed by atoms with Crippen LogP contribution in [0.3, 0.4) is 0 Å². The van der Waals surface area contributed by atoms with E-state index in [-0.39, 0.29) is 6.10 Å². The molecule has 0 saturated carbocycles. The minimum Gasteiger partial charge on any atom is -0.490 e. The van der Waals surface area contributed by atoms with Crippen LogP contribution in [0.15, 0.2) is 18.2 Å². The Hall–Kier alpha value is -0.730. The maximum Gasteiger partial charge on any atom is 0.125 e. The maximum absolute atomic E-state index is 10.0. The Bertz CT molecular complexity index is 365. The quantitative estimate of drug-likeness (QED) is 0.873. The number of ether oxygens (including phenoxy) is 1. The van der Waals surface area contributed by atoms with Crippen molar-refractivity contribution in [3.05, 3.63) is 28.8 Å². The Kier molecular flexibility index (Phi) is 3.72. The van der Waals surface area contributed by atoms with Crippen molar-refractivity contribution >= 4 is 11.6 Å². The highest BCUT2D eigenvalue weighted by Gasteiger charge is 2.26. The van der Waals surface area contributed by atoms with Crippen molar-refractivity contribution in [3.63, 3.8) is 0 Å². The summed E-state index contributed by atoms with van der Waals surface area (Å²) in [5, 5.41) is 10.7. The number of hydrogen-bond donors (Lipinski definition) is 1. The minimum absolute atomic E-state index is 0.142. The molecule has 88 valence electrons. The molecule has 1 heterocycles. The van der Waals surface area contributed by atoms with Crippen molar-refractivity contribution < 1.29 is 9.84 Å². The molecule has 1 aromatic rings. The number of hydrogen-bond acceptors (Lipinski definition) is 2. The number of rotatable bonds is 3. The van der Waals surface area contributed by atoms with Crippen LogP contribution in [-0.2, 0) is 0 Å². The SMILES string of the molecule is CCCCC1C[C@@H](O)c2cc(Cl)ccc2O1. The number of halogens is 1. The lowest BCUT2D eigenvalue weighted by Crippen LogP contribution is -2.25. The molecule has 3 heteroatoms. The van der Waals surface area contributed by atoms with Gasteiger partial charge in [-0.1, -0.05) is 31.4 Å². The van der Waals surface area contributed by atoms with E-state index in [9.17, 15) is 5.11 Å². The zero-order chi connectivity index (χ0) is 11.5. The Morgan fingerprint density at radius 2 is 2.31 bits per heavy atom. The summed E-state index contributed by atoms with van der Waals surface area (Å²) in [4.78, 5) is 0. The summed E-state index contributed by atoms with van der Waals surface area (Å²) in [5.74, 6) is 0.782. The van der Waals surface area contributed by atoms with Crippen molar-refractivity contribution in [2.24, 2.45) is 0 Å². The summed E-state index contributed by atoms with van der Waals surface area (Å²) in [6.07, 6.45) is 3.68. The summed E-state index contributed by atoms with van der Waals surface area (Å²) < 4.78 is 5.84. The zero-order valence-corrected chi connectivity index (χ0v) is 10.2. The van der Waals surface area contributed by atoms with E-state index < -0.39 is 6.10 Å². The first kappa shape index (κ1) is 11.7. The molecule has 1 aliphatic heterocycles. The van der Waals surface area contributed by atoms with Gasteiger partial charge in [0, 0.05) is 17.0 Å². The molecule has 1 aliphatic rings. The van der Waals surface area contributed by atoms with Crippen LogP contribution in [-0.4, -0.2) is 11.2 Å². The van der Waals surface area contributed by atoms with Crippen molar-refractivity contribution in [3.8, 4) is 5.75 Å². The third-order valence-electron chi connectivity index (χ3n) is 2.99. The van der Waals surface area contributed by atoms with Gasteiger partial charge >= 0.3 is 0 Å². The minimum atomic E-state index is -0.440. The van der Waals surface area contributed by atoms with Crippen molar-refractivity contribution in [1.29, 1.82) is 0 Å². The Morgan fingerprint density at radius 1 is 1.50 bits per heavy atom. The molecule has 1 N–H and O–H groups in total. The smallest absolute Gasteiger partial charge is 0.125 e. The summed E-state index contributed by atoms with van der Waals surface area (Å²) in [5.41, 5.74) is 0.820. The maximum atomic E-state index is 10.0. The van der Waals surface area contributed by atoms with E-state index >= 15 is 0 Å². The molecule has 16 heavy (non-hydrogen) atoms. The molecular weight excluding hydrogens is 224 g/mol. The molecule has 2 nitrogen and oxygen atoms in total. The van der Waals surface area contributed by atoms with E-state index in [0.29, 0.717) is 11.4 Å². The van der Waals surface area contributed by atoms with Crippen LogP contribution in [0, 0.1) is 0 Å². The van der Waals surface area contributed by atoms with Gasteiger partial charge in [0.2, 0.25) is 0 Å². The van der Waals surface area contributed by atoms with Gasteiger partial charge in [-0.05, 0) is 24.6 Å². The first-order chi connectivity index (χ1) is 7.70. The standard InChI is InChI=1S/C13H17ClO2/c1-2-3-4-10-8-12(15)11-7-9(14)5-6-13(11)16-10/h5-7,10,12,15H,2-4,8H2,1H3/t10?,12-/m1/s1. The first-order valence-electron chi connectivity index (χ1n) is 5.85. The molecule has 0 aromatic heterocycles. The van der Waals surface area contributed by atoms with Crippen molar-refractivity contribution in [1.82, 2.24) is 0 Å². The Labute approximate surface area is 101 Å². The monoisotopic (exact) mass is 240 g/mol. The van der Waals surface area contributed by atoms with Crippen LogP contribution in [0.25, 0.3) is 0 Å². The highest BCUT2D eigenvalue weighted by molar-refractivity contribution is 6.30. The molecule has 1 unspecified atom stereocenters. The van der Waals surface area contributed by atoms with Crippen molar-refractivity contribution in [2.75, 3.05) is 0 Å². The fourth-order valence-corrected chi connectivity index (χ4v) is 2.28.